The lowest BCUT2D eigenvalue weighted by molar-refractivity contribution is 0.400. The van der Waals surface area contributed by atoms with Crippen LogP contribution in [0.1, 0.15) is 46.0 Å². The highest BCUT2D eigenvalue weighted by atomic mass is 15.1. The zero-order valence-electron chi connectivity index (χ0n) is 13.1. The molecule has 0 radical (unpaired) electrons. The van der Waals surface area contributed by atoms with Crippen LogP contribution in [-0.2, 0) is 6.42 Å². The maximum atomic E-state index is 5.95. The molecular formula is C17H27N3. The maximum absolute atomic E-state index is 5.95. The van der Waals surface area contributed by atoms with Crippen LogP contribution in [0.4, 0.5) is 0 Å². The Hall–Kier alpha value is -1.35. The van der Waals surface area contributed by atoms with Crippen LogP contribution in [0.25, 0.3) is 11.0 Å². The van der Waals surface area contributed by atoms with Gasteiger partial charge in [0.2, 0.25) is 0 Å². The molecule has 0 amide bonds. The minimum atomic E-state index is 0.426. The summed E-state index contributed by atoms with van der Waals surface area (Å²) in [6.07, 6.45) is 2.14. The van der Waals surface area contributed by atoms with Crippen molar-refractivity contribution in [2.24, 2.45) is 17.6 Å². The SMILES string of the molecule is CC(C)CC(CN)Cc1nc2ccccc2n1C(C)C. The van der Waals surface area contributed by atoms with Gasteiger partial charge >= 0.3 is 0 Å². The average molecular weight is 273 g/mol. The molecule has 1 atom stereocenters. The fourth-order valence-corrected chi connectivity index (χ4v) is 3.00. The normalized spacial score (nSPS) is 13.6. The Balaban J connectivity index is 2.35. The second-order valence-corrected chi connectivity index (χ2v) is 6.42. The summed E-state index contributed by atoms with van der Waals surface area (Å²) >= 11 is 0. The largest absolute Gasteiger partial charge is 0.330 e. The average Bonchev–Trinajstić information content (AvgIpc) is 2.75. The van der Waals surface area contributed by atoms with Crippen LogP contribution in [0.2, 0.25) is 0 Å². The summed E-state index contributed by atoms with van der Waals surface area (Å²) in [5, 5.41) is 0. The molecule has 3 heteroatoms. The molecular weight excluding hydrogens is 246 g/mol. The van der Waals surface area contributed by atoms with Gasteiger partial charge in [-0.1, -0.05) is 26.0 Å². The van der Waals surface area contributed by atoms with E-state index in [4.69, 9.17) is 10.7 Å². The number of benzene rings is 1. The number of imidazole rings is 1. The highest BCUT2D eigenvalue weighted by Gasteiger charge is 2.17. The standard InChI is InChI=1S/C17H27N3/c1-12(2)9-14(11-18)10-17-19-15-7-5-6-8-16(15)20(17)13(3)4/h5-8,12-14H,9-11,18H2,1-4H3. The maximum Gasteiger partial charge on any atom is 0.110 e. The minimum absolute atomic E-state index is 0.426. The number of hydrogen-bond acceptors (Lipinski definition) is 2. The van der Waals surface area contributed by atoms with E-state index in [9.17, 15) is 0 Å². The third-order valence-corrected chi connectivity index (χ3v) is 3.79. The smallest absolute Gasteiger partial charge is 0.110 e. The van der Waals surface area contributed by atoms with E-state index < -0.39 is 0 Å². The Morgan fingerprint density at radius 2 is 1.85 bits per heavy atom. The van der Waals surface area contributed by atoms with Crippen molar-refractivity contribution in [2.75, 3.05) is 6.54 Å². The Bertz CT molecular complexity index is 554. The second kappa shape index (κ2) is 6.40. The van der Waals surface area contributed by atoms with Crippen LogP contribution in [0.15, 0.2) is 24.3 Å². The molecule has 0 saturated heterocycles. The van der Waals surface area contributed by atoms with Crippen molar-refractivity contribution in [1.29, 1.82) is 0 Å². The summed E-state index contributed by atoms with van der Waals surface area (Å²) in [6.45, 7) is 9.69. The van der Waals surface area contributed by atoms with Gasteiger partial charge in [-0.15, -0.1) is 0 Å². The Morgan fingerprint density at radius 1 is 1.15 bits per heavy atom. The van der Waals surface area contributed by atoms with Crippen LogP contribution in [0.3, 0.4) is 0 Å². The number of nitrogens with zero attached hydrogens (tertiary/aromatic N) is 2. The first-order chi connectivity index (χ1) is 9.52. The fourth-order valence-electron chi connectivity index (χ4n) is 3.00. The lowest BCUT2D eigenvalue weighted by atomic mass is 9.94. The molecule has 0 aliphatic rings. The zero-order chi connectivity index (χ0) is 14.7. The van der Waals surface area contributed by atoms with Crippen molar-refractivity contribution in [3.63, 3.8) is 0 Å². The summed E-state index contributed by atoms with van der Waals surface area (Å²) < 4.78 is 2.36. The van der Waals surface area contributed by atoms with Gasteiger partial charge in [0.25, 0.3) is 0 Å². The zero-order valence-corrected chi connectivity index (χ0v) is 13.1. The summed E-state index contributed by atoms with van der Waals surface area (Å²) in [7, 11) is 0. The number of aromatic nitrogens is 2. The highest BCUT2D eigenvalue weighted by Crippen LogP contribution is 2.24. The molecule has 0 fully saturated rings. The first-order valence-corrected chi connectivity index (χ1v) is 7.68. The van der Waals surface area contributed by atoms with Gasteiger partial charge in [-0.05, 0) is 50.8 Å². The molecule has 2 rings (SSSR count). The molecule has 2 aromatic rings. The van der Waals surface area contributed by atoms with Gasteiger partial charge in [0.15, 0.2) is 0 Å². The third kappa shape index (κ3) is 3.21. The van der Waals surface area contributed by atoms with E-state index in [-0.39, 0.29) is 0 Å². The van der Waals surface area contributed by atoms with Crippen molar-refractivity contribution in [2.45, 2.75) is 46.6 Å². The van der Waals surface area contributed by atoms with Gasteiger partial charge in [-0.25, -0.2) is 4.98 Å². The van der Waals surface area contributed by atoms with Crippen LogP contribution in [-0.4, -0.2) is 16.1 Å². The molecule has 0 aliphatic heterocycles. The van der Waals surface area contributed by atoms with Crippen LogP contribution < -0.4 is 5.73 Å². The van der Waals surface area contributed by atoms with E-state index in [1.165, 1.54) is 11.3 Å². The molecule has 3 nitrogen and oxygen atoms in total. The van der Waals surface area contributed by atoms with Gasteiger partial charge in [-0.2, -0.15) is 0 Å². The fraction of sp³-hybridized carbons (Fsp3) is 0.588. The monoisotopic (exact) mass is 273 g/mol. The summed E-state index contributed by atoms with van der Waals surface area (Å²) in [5.74, 6) is 2.38. The number of para-hydroxylation sites is 2. The molecule has 1 heterocycles. The molecule has 1 aromatic carbocycles. The summed E-state index contributed by atoms with van der Waals surface area (Å²) in [4.78, 5) is 4.84. The quantitative estimate of drug-likeness (QED) is 0.870. The summed E-state index contributed by atoms with van der Waals surface area (Å²) in [6, 6.07) is 8.82. The predicted octanol–water partition coefficient (Wildman–Crippen LogP) is 3.78. The molecule has 1 unspecified atom stereocenters. The first-order valence-electron chi connectivity index (χ1n) is 7.68. The van der Waals surface area contributed by atoms with Gasteiger partial charge in [0.05, 0.1) is 11.0 Å². The number of hydrogen-bond donors (Lipinski definition) is 1. The molecule has 0 saturated carbocycles. The molecule has 0 aliphatic carbocycles. The third-order valence-electron chi connectivity index (χ3n) is 3.79. The molecule has 2 N–H and O–H groups in total. The van der Waals surface area contributed by atoms with Crippen molar-refractivity contribution in [3.8, 4) is 0 Å². The molecule has 0 spiro atoms. The Labute approximate surface area is 122 Å². The van der Waals surface area contributed by atoms with Gasteiger partial charge in [0, 0.05) is 12.5 Å². The van der Waals surface area contributed by atoms with Crippen molar-refractivity contribution < 1.29 is 0 Å². The molecule has 1 aromatic heterocycles. The molecule has 110 valence electrons. The van der Waals surface area contributed by atoms with E-state index in [1.54, 1.807) is 0 Å². The van der Waals surface area contributed by atoms with E-state index >= 15 is 0 Å². The molecule has 20 heavy (non-hydrogen) atoms. The van der Waals surface area contributed by atoms with E-state index in [0.717, 1.165) is 24.9 Å². The van der Waals surface area contributed by atoms with Crippen molar-refractivity contribution >= 4 is 11.0 Å². The van der Waals surface area contributed by atoms with E-state index in [1.807, 2.05) is 0 Å². The van der Waals surface area contributed by atoms with Gasteiger partial charge in [-0.3, -0.25) is 0 Å². The highest BCUT2D eigenvalue weighted by molar-refractivity contribution is 5.76. The van der Waals surface area contributed by atoms with Crippen LogP contribution in [0, 0.1) is 11.8 Å². The molecule has 0 bridgehead atoms. The lowest BCUT2D eigenvalue weighted by Crippen LogP contribution is -2.21. The van der Waals surface area contributed by atoms with Crippen LogP contribution >= 0.6 is 0 Å². The second-order valence-electron chi connectivity index (χ2n) is 6.42. The summed E-state index contributed by atoms with van der Waals surface area (Å²) in [5.41, 5.74) is 8.28. The number of fused-ring (bicyclic) bond motifs is 1. The van der Waals surface area contributed by atoms with E-state index in [0.29, 0.717) is 17.9 Å². The number of nitrogens with two attached hydrogens (primary N) is 1. The van der Waals surface area contributed by atoms with E-state index in [2.05, 4.69) is 56.5 Å². The number of rotatable bonds is 6. The van der Waals surface area contributed by atoms with Crippen LogP contribution in [0.5, 0.6) is 0 Å². The van der Waals surface area contributed by atoms with Gasteiger partial charge in [0.1, 0.15) is 5.82 Å². The van der Waals surface area contributed by atoms with Gasteiger partial charge < -0.3 is 10.3 Å². The first kappa shape index (κ1) is 15.0. The van der Waals surface area contributed by atoms with Crippen molar-refractivity contribution in [1.82, 2.24) is 9.55 Å². The predicted molar refractivity (Wildman–Crippen MR) is 85.8 cm³/mol. The Morgan fingerprint density at radius 3 is 2.45 bits per heavy atom. The van der Waals surface area contributed by atoms with Crippen molar-refractivity contribution in [3.05, 3.63) is 30.1 Å². The topological polar surface area (TPSA) is 43.8 Å². The minimum Gasteiger partial charge on any atom is -0.330 e. The Kier molecular flexibility index (Phi) is 4.81. The lowest BCUT2D eigenvalue weighted by Gasteiger charge is -2.19.